The first-order valence-corrected chi connectivity index (χ1v) is 13.1. The number of Topliss-reactive ketones (excluding diaryl/α,β-unsaturated/α-hetero) is 1. The molecule has 1 aliphatic carbocycles. The number of aromatic hydroxyl groups is 1. The van der Waals surface area contributed by atoms with E-state index in [0.29, 0.717) is 37.2 Å². The van der Waals surface area contributed by atoms with Crippen molar-refractivity contribution in [2.45, 2.75) is 116 Å². The standard InChI is InChI=1S/C28H43NO5/c1-20-10-9-12-25(31)26(20)21-13-15-22(16-14-21)33-19-8-6-5-7-11-23-24(30)17-18-29(23)27(32)34-28(2,3)4/h9-10,12,21-23,31H,5-8,11,13-19H2,1-4H3/t21-,22+,23?. The van der Waals surface area contributed by atoms with E-state index in [0.717, 1.165) is 63.5 Å². The van der Waals surface area contributed by atoms with Crippen LogP contribution in [0.2, 0.25) is 0 Å². The molecule has 0 spiro atoms. The lowest BCUT2D eigenvalue weighted by Crippen LogP contribution is -2.41. The van der Waals surface area contributed by atoms with Crippen LogP contribution in [0.25, 0.3) is 0 Å². The van der Waals surface area contributed by atoms with Crippen molar-refractivity contribution in [3.8, 4) is 5.75 Å². The fourth-order valence-corrected chi connectivity index (χ4v) is 5.34. The third-order valence-corrected chi connectivity index (χ3v) is 7.08. The van der Waals surface area contributed by atoms with E-state index in [1.807, 2.05) is 26.8 Å². The van der Waals surface area contributed by atoms with Crippen molar-refractivity contribution < 1.29 is 24.2 Å². The van der Waals surface area contributed by atoms with Gasteiger partial charge in [-0.25, -0.2) is 4.79 Å². The number of aryl methyl sites for hydroxylation is 1. The predicted octanol–water partition coefficient (Wildman–Crippen LogP) is 6.27. The average molecular weight is 474 g/mol. The number of ketones is 1. The van der Waals surface area contributed by atoms with E-state index in [1.54, 1.807) is 11.0 Å². The number of hydrogen-bond acceptors (Lipinski definition) is 5. The number of rotatable bonds is 9. The Hall–Kier alpha value is -2.08. The topological polar surface area (TPSA) is 76.1 Å². The van der Waals surface area contributed by atoms with E-state index in [4.69, 9.17) is 9.47 Å². The van der Waals surface area contributed by atoms with Crippen molar-refractivity contribution in [3.63, 3.8) is 0 Å². The Balaban J connectivity index is 1.28. The first kappa shape index (κ1) is 26.5. The Morgan fingerprint density at radius 1 is 1.09 bits per heavy atom. The van der Waals surface area contributed by atoms with Crippen LogP contribution in [0.1, 0.15) is 102 Å². The van der Waals surface area contributed by atoms with Gasteiger partial charge in [0, 0.05) is 19.6 Å². The first-order valence-electron chi connectivity index (χ1n) is 13.1. The van der Waals surface area contributed by atoms with Crippen LogP contribution in [0.15, 0.2) is 18.2 Å². The third kappa shape index (κ3) is 7.46. The van der Waals surface area contributed by atoms with Crippen LogP contribution in [0.4, 0.5) is 4.79 Å². The number of benzene rings is 1. The van der Waals surface area contributed by atoms with E-state index in [2.05, 4.69) is 13.0 Å². The van der Waals surface area contributed by atoms with Gasteiger partial charge in [-0.1, -0.05) is 31.4 Å². The Bertz CT molecular complexity index is 802. The number of hydrogen-bond donors (Lipinski definition) is 1. The zero-order chi connectivity index (χ0) is 24.7. The molecular formula is C28H43NO5. The van der Waals surface area contributed by atoms with E-state index in [-0.39, 0.29) is 17.9 Å². The lowest BCUT2D eigenvalue weighted by Gasteiger charge is -2.30. The highest BCUT2D eigenvalue weighted by atomic mass is 16.6. The SMILES string of the molecule is Cc1cccc(O)c1[C@H]1CC[C@@H](OCCCCCCC2C(=O)CCN2C(=O)OC(C)(C)C)CC1. The van der Waals surface area contributed by atoms with Crippen LogP contribution in [-0.4, -0.2) is 52.8 Å². The molecule has 190 valence electrons. The largest absolute Gasteiger partial charge is 0.508 e. The van der Waals surface area contributed by atoms with E-state index >= 15 is 0 Å². The second-order valence-electron chi connectivity index (χ2n) is 11.0. The van der Waals surface area contributed by atoms with Gasteiger partial charge in [0.2, 0.25) is 0 Å². The molecule has 1 amide bonds. The maximum atomic E-state index is 12.4. The van der Waals surface area contributed by atoms with Crippen molar-refractivity contribution in [1.82, 2.24) is 4.90 Å². The number of likely N-dealkylation sites (tertiary alicyclic amines) is 1. The molecule has 1 N–H and O–H groups in total. The normalized spacial score (nSPS) is 23.4. The van der Waals surface area contributed by atoms with Crippen molar-refractivity contribution >= 4 is 11.9 Å². The molecule has 0 bridgehead atoms. The summed E-state index contributed by atoms with van der Waals surface area (Å²) in [5.41, 5.74) is 1.75. The van der Waals surface area contributed by atoms with Crippen LogP contribution >= 0.6 is 0 Å². The first-order chi connectivity index (χ1) is 16.2. The highest BCUT2D eigenvalue weighted by Gasteiger charge is 2.37. The minimum absolute atomic E-state index is 0.156. The molecule has 0 aromatic heterocycles. The fourth-order valence-electron chi connectivity index (χ4n) is 5.34. The molecule has 2 fully saturated rings. The van der Waals surface area contributed by atoms with Crippen LogP contribution in [0.3, 0.4) is 0 Å². The summed E-state index contributed by atoms with van der Waals surface area (Å²) in [6, 6.07) is 5.46. The van der Waals surface area contributed by atoms with Crippen molar-refractivity contribution in [1.29, 1.82) is 0 Å². The number of ether oxygens (including phenoxy) is 2. The number of nitrogens with zero attached hydrogens (tertiary/aromatic N) is 1. The molecule has 1 heterocycles. The molecule has 3 rings (SSSR count). The molecule has 6 heteroatoms. The number of carbonyl (C=O) groups is 2. The molecule has 1 saturated heterocycles. The Morgan fingerprint density at radius 2 is 1.79 bits per heavy atom. The van der Waals surface area contributed by atoms with Crippen molar-refractivity contribution in [2.24, 2.45) is 0 Å². The maximum Gasteiger partial charge on any atom is 0.410 e. The average Bonchev–Trinajstić information content (AvgIpc) is 3.13. The van der Waals surface area contributed by atoms with Gasteiger partial charge in [-0.2, -0.15) is 0 Å². The molecule has 6 nitrogen and oxygen atoms in total. The van der Waals surface area contributed by atoms with Gasteiger partial charge in [-0.3, -0.25) is 9.69 Å². The second-order valence-corrected chi connectivity index (χ2v) is 11.0. The van der Waals surface area contributed by atoms with Gasteiger partial charge >= 0.3 is 6.09 Å². The summed E-state index contributed by atoms with van der Waals surface area (Å²) >= 11 is 0. The summed E-state index contributed by atoms with van der Waals surface area (Å²) in [5.74, 6) is 1.02. The molecule has 1 aliphatic heterocycles. The predicted molar refractivity (Wildman–Crippen MR) is 133 cm³/mol. The molecule has 2 aliphatic rings. The Kier molecular flexibility index (Phi) is 9.40. The minimum atomic E-state index is -0.547. The van der Waals surface area contributed by atoms with Gasteiger partial charge in [0.1, 0.15) is 11.4 Å². The zero-order valence-electron chi connectivity index (χ0n) is 21.5. The number of phenolic OH excluding ortho intramolecular Hbond substituents is 1. The van der Waals surface area contributed by atoms with Gasteiger partial charge in [0.15, 0.2) is 5.78 Å². The van der Waals surface area contributed by atoms with E-state index in [9.17, 15) is 14.7 Å². The van der Waals surface area contributed by atoms with Crippen LogP contribution < -0.4 is 0 Å². The number of carbonyl (C=O) groups excluding carboxylic acids is 2. The van der Waals surface area contributed by atoms with Crippen LogP contribution in [0.5, 0.6) is 5.75 Å². The zero-order valence-corrected chi connectivity index (χ0v) is 21.5. The molecule has 1 atom stereocenters. The molecule has 34 heavy (non-hydrogen) atoms. The number of amides is 1. The molecule has 1 saturated carbocycles. The van der Waals surface area contributed by atoms with Gasteiger partial charge < -0.3 is 14.6 Å². The molecule has 1 unspecified atom stereocenters. The van der Waals surface area contributed by atoms with E-state index < -0.39 is 5.60 Å². The fraction of sp³-hybridized carbons (Fsp3) is 0.714. The highest BCUT2D eigenvalue weighted by molar-refractivity contribution is 5.90. The molecule has 1 aromatic rings. The lowest BCUT2D eigenvalue weighted by molar-refractivity contribution is -0.120. The van der Waals surface area contributed by atoms with Crippen LogP contribution in [0, 0.1) is 6.92 Å². The van der Waals surface area contributed by atoms with Crippen molar-refractivity contribution in [3.05, 3.63) is 29.3 Å². The summed E-state index contributed by atoms with van der Waals surface area (Å²) in [6.45, 7) is 8.87. The summed E-state index contributed by atoms with van der Waals surface area (Å²) < 4.78 is 11.6. The number of phenols is 1. The maximum absolute atomic E-state index is 12.4. The lowest BCUT2D eigenvalue weighted by atomic mass is 9.80. The third-order valence-electron chi connectivity index (χ3n) is 7.08. The van der Waals surface area contributed by atoms with E-state index in [1.165, 1.54) is 5.56 Å². The van der Waals surface area contributed by atoms with Gasteiger partial charge in [-0.05, 0) is 89.3 Å². The summed E-state index contributed by atoms with van der Waals surface area (Å²) in [6.07, 6.45) is 9.37. The minimum Gasteiger partial charge on any atom is -0.508 e. The molecule has 0 radical (unpaired) electrons. The second kappa shape index (κ2) is 12.1. The van der Waals surface area contributed by atoms with Gasteiger partial charge in [0.05, 0.1) is 12.1 Å². The molecule has 1 aromatic carbocycles. The Labute approximate surface area is 205 Å². The summed E-state index contributed by atoms with van der Waals surface area (Å²) in [4.78, 5) is 26.3. The van der Waals surface area contributed by atoms with Gasteiger partial charge in [-0.15, -0.1) is 0 Å². The summed E-state index contributed by atoms with van der Waals surface area (Å²) in [7, 11) is 0. The summed E-state index contributed by atoms with van der Waals surface area (Å²) in [5, 5.41) is 10.2. The quantitative estimate of drug-likeness (QED) is 0.428. The van der Waals surface area contributed by atoms with Crippen molar-refractivity contribution in [2.75, 3.05) is 13.2 Å². The highest BCUT2D eigenvalue weighted by Crippen LogP contribution is 2.39. The monoisotopic (exact) mass is 473 g/mol. The van der Waals surface area contributed by atoms with Crippen LogP contribution in [-0.2, 0) is 14.3 Å². The van der Waals surface area contributed by atoms with Gasteiger partial charge in [0.25, 0.3) is 0 Å². The molecular weight excluding hydrogens is 430 g/mol. The smallest absolute Gasteiger partial charge is 0.410 e. The Morgan fingerprint density at radius 3 is 2.47 bits per heavy atom. The number of unbranched alkanes of at least 4 members (excludes halogenated alkanes) is 3.